The molecule has 2 rings (SSSR count). The van der Waals surface area contributed by atoms with E-state index >= 15 is 0 Å². The quantitative estimate of drug-likeness (QED) is 0.884. The van der Waals surface area contributed by atoms with Crippen LogP contribution in [0.4, 0.5) is 10.1 Å². The fourth-order valence-electron chi connectivity index (χ4n) is 2.15. The van der Waals surface area contributed by atoms with E-state index in [2.05, 4.69) is 10.6 Å². The standard InChI is InChI=1S/C14H18FN3O2.ClH/c1-9(19)18(2)8-13(20)17-12-4-3-10-7-16-6-5-11(10)14(12)15;/h3-4,16H,5-8H2,1-2H3,(H,17,20);1H. The van der Waals surface area contributed by atoms with Gasteiger partial charge < -0.3 is 15.5 Å². The lowest BCUT2D eigenvalue weighted by Crippen LogP contribution is -2.33. The second kappa shape index (κ2) is 7.38. The van der Waals surface area contributed by atoms with Crippen molar-refractivity contribution in [1.29, 1.82) is 0 Å². The first-order valence-electron chi connectivity index (χ1n) is 6.51. The summed E-state index contributed by atoms with van der Waals surface area (Å²) in [7, 11) is 1.52. The average molecular weight is 316 g/mol. The van der Waals surface area contributed by atoms with Gasteiger partial charge in [0.1, 0.15) is 5.82 Å². The molecule has 0 atom stereocenters. The van der Waals surface area contributed by atoms with Gasteiger partial charge in [0.2, 0.25) is 11.8 Å². The number of amides is 2. The Morgan fingerprint density at radius 2 is 2.14 bits per heavy atom. The van der Waals surface area contributed by atoms with Crippen LogP contribution in [0.15, 0.2) is 12.1 Å². The highest BCUT2D eigenvalue weighted by molar-refractivity contribution is 5.94. The molecule has 116 valence electrons. The fraction of sp³-hybridized carbons (Fsp3) is 0.429. The molecule has 0 radical (unpaired) electrons. The number of fused-ring (bicyclic) bond motifs is 1. The number of benzene rings is 1. The summed E-state index contributed by atoms with van der Waals surface area (Å²) in [5.74, 6) is -0.990. The molecule has 0 aliphatic carbocycles. The number of anilines is 1. The fourth-order valence-corrected chi connectivity index (χ4v) is 2.15. The molecule has 0 fully saturated rings. The number of rotatable bonds is 3. The minimum atomic E-state index is -0.407. The van der Waals surface area contributed by atoms with E-state index in [0.29, 0.717) is 18.5 Å². The number of hydrogen-bond acceptors (Lipinski definition) is 3. The number of likely N-dealkylation sites (N-methyl/N-ethyl adjacent to an activating group) is 1. The molecule has 1 aromatic rings. The SMILES string of the molecule is CC(=O)N(C)CC(=O)Nc1ccc2c(c1F)CCNC2.Cl. The minimum absolute atomic E-state index is 0. The van der Waals surface area contributed by atoms with Gasteiger partial charge in [-0.15, -0.1) is 12.4 Å². The summed E-state index contributed by atoms with van der Waals surface area (Å²) in [6.07, 6.45) is 0.609. The van der Waals surface area contributed by atoms with Gasteiger partial charge in [0.05, 0.1) is 12.2 Å². The number of carbonyl (C=O) groups is 2. The molecule has 0 saturated carbocycles. The van der Waals surface area contributed by atoms with E-state index < -0.39 is 5.91 Å². The Labute approximate surface area is 129 Å². The molecule has 0 aromatic heterocycles. The third-order valence-electron chi connectivity index (χ3n) is 3.40. The first kappa shape index (κ1) is 17.4. The average Bonchev–Trinajstić information content (AvgIpc) is 2.42. The molecule has 2 N–H and O–H groups in total. The van der Waals surface area contributed by atoms with E-state index in [9.17, 15) is 14.0 Å². The van der Waals surface area contributed by atoms with Crippen LogP contribution in [0.2, 0.25) is 0 Å². The molecule has 0 saturated heterocycles. The molecule has 2 amide bonds. The number of halogens is 2. The van der Waals surface area contributed by atoms with Crippen LogP contribution in [0.5, 0.6) is 0 Å². The zero-order chi connectivity index (χ0) is 14.7. The maximum atomic E-state index is 14.3. The predicted molar refractivity (Wildman–Crippen MR) is 81.0 cm³/mol. The summed E-state index contributed by atoms with van der Waals surface area (Å²) >= 11 is 0. The van der Waals surface area contributed by atoms with Crippen molar-refractivity contribution in [3.05, 3.63) is 29.1 Å². The monoisotopic (exact) mass is 315 g/mol. The Morgan fingerprint density at radius 1 is 1.43 bits per heavy atom. The van der Waals surface area contributed by atoms with Gasteiger partial charge in [-0.3, -0.25) is 9.59 Å². The van der Waals surface area contributed by atoms with Crippen molar-refractivity contribution in [3.8, 4) is 0 Å². The molecular weight excluding hydrogens is 297 g/mol. The highest BCUT2D eigenvalue weighted by atomic mass is 35.5. The third kappa shape index (κ3) is 4.15. The van der Waals surface area contributed by atoms with Crippen LogP contribution < -0.4 is 10.6 Å². The number of nitrogens with one attached hydrogen (secondary N) is 2. The first-order chi connectivity index (χ1) is 9.49. The van der Waals surface area contributed by atoms with Gasteiger partial charge in [-0.2, -0.15) is 0 Å². The second-order valence-electron chi connectivity index (χ2n) is 4.91. The van der Waals surface area contributed by atoms with Gasteiger partial charge in [-0.05, 0) is 30.2 Å². The Balaban J connectivity index is 0.00000220. The first-order valence-corrected chi connectivity index (χ1v) is 6.51. The molecule has 1 aliphatic heterocycles. The van der Waals surface area contributed by atoms with E-state index in [0.717, 1.165) is 12.1 Å². The van der Waals surface area contributed by atoms with Crippen molar-refractivity contribution in [2.24, 2.45) is 0 Å². The van der Waals surface area contributed by atoms with Crippen LogP contribution in [-0.2, 0) is 22.6 Å². The van der Waals surface area contributed by atoms with Crippen molar-refractivity contribution in [1.82, 2.24) is 10.2 Å². The van der Waals surface area contributed by atoms with Crippen molar-refractivity contribution >= 4 is 29.9 Å². The number of carbonyl (C=O) groups excluding carboxylic acids is 2. The lowest BCUT2D eigenvalue weighted by Gasteiger charge is -2.20. The van der Waals surface area contributed by atoms with Gasteiger partial charge in [0, 0.05) is 20.5 Å². The lowest BCUT2D eigenvalue weighted by atomic mass is 9.99. The molecule has 1 aliphatic rings. The molecule has 1 heterocycles. The highest BCUT2D eigenvalue weighted by Gasteiger charge is 2.18. The molecule has 5 nitrogen and oxygen atoms in total. The molecule has 7 heteroatoms. The largest absolute Gasteiger partial charge is 0.337 e. The van der Waals surface area contributed by atoms with Gasteiger partial charge >= 0.3 is 0 Å². The Morgan fingerprint density at radius 3 is 2.81 bits per heavy atom. The van der Waals surface area contributed by atoms with Crippen LogP contribution in [0.1, 0.15) is 18.1 Å². The summed E-state index contributed by atoms with van der Waals surface area (Å²) in [5.41, 5.74) is 1.75. The van der Waals surface area contributed by atoms with E-state index in [1.54, 1.807) is 6.07 Å². The van der Waals surface area contributed by atoms with Crippen molar-refractivity contribution < 1.29 is 14.0 Å². The topological polar surface area (TPSA) is 61.4 Å². The van der Waals surface area contributed by atoms with Gasteiger partial charge in [-0.25, -0.2) is 4.39 Å². The predicted octanol–water partition coefficient (Wildman–Crippen LogP) is 1.31. The van der Waals surface area contributed by atoms with Crippen LogP contribution in [0, 0.1) is 5.82 Å². The third-order valence-corrected chi connectivity index (χ3v) is 3.40. The van der Waals surface area contributed by atoms with Crippen LogP contribution in [0.25, 0.3) is 0 Å². The van der Waals surface area contributed by atoms with Gasteiger partial charge in [0.15, 0.2) is 0 Å². The lowest BCUT2D eigenvalue weighted by molar-refractivity contribution is -0.131. The summed E-state index contributed by atoms with van der Waals surface area (Å²) in [6.45, 7) is 2.66. The van der Waals surface area contributed by atoms with Gasteiger partial charge in [0.25, 0.3) is 0 Å². The Kier molecular flexibility index (Phi) is 6.11. The van der Waals surface area contributed by atoms with E-state index in [-0.39, 0.29) is 36.4 Å². The second-order valence-corrected chi connectivity index (χ2v) is 4.91. The maximum Gasteiger partial charge on any atom is 0.244 e. The summed E-state index contributed by atoms with van der Waals surface area (Å²) in [5, 5.41) is 5.69. The number of hydrogen-bond donors (Lipinski definition) is 2. The Hall–Kier alpha value is -1.66. The smallest absolute Gasteiger partial charge is 0.244 e. The zero-order valence-corrected chi connectivity index (χ0v) is 12.8. The molecular formula is C14H19ClFN3O2. The van der Waals surface area contributed by atoms with Crippen LogP contribution in [-0.4, -0.2) is 36.9 Å². The molecule has 0 spiro atoms. The van der Waals surface area contributed by atoms with Gasteiger partial charge in [-0.1, -0.05) is 6.07 Å². The molecule has 21 heavy (non-hydrogen) atoms. The Bertz CT molecular complexity index is 551. The molecule has 0 bridgehead atoms. The zero-order valence-electron chi connectivity index (χ0n) is 12.0. The number of nitrogens with zero attached hydrogens (tertiary/aromatic N) is 1. The van der Waals surface area contributed by atoms with E-state index in [1.165, 1.54) is 18.9 Å². The van der Waals surface area contributed by atoms with E-state index in [4.69, 9.17) is 0 Å². The maximum absolute atomic E-state index is 14.3. The van der Waals surface area contributed by atoms with Crippen LogP contribution >= 0.6 is 12.4 Å². The summed E-state index contributed by atoms with van der Waals surface area (Å²) < 4.78 is 14.3. The van der Waals surface area contributed by atoms with Crippen LogP contribution in [0.3, 0.4) is 0 Å². The van der Waals surface area contributed by atoms with Crippen molar-refractivity contribution in [2.45, 2.75) is 19.9 Å². The minimum Gasteiger partial charge on any atom is -0.337 e. The highest BCUT2D eigenvalue weighted by Crippen LogP contribution is 2.24. The van der Waals surface area contributed by atoms with E-state index in [1.807, 2.05) is 6.07 Å². The van der Waals surface area contributed by atoms with Crippen molar-refractivity contribution in [2.75, 3.05) is 25.5 Å². The normalized spacial score (nSPS) is 12.9. The summed E-state index contributed by atoms with van der Waals surface area (Å²) in [4.78, 5) is 24.1. The molecule has 0 unspecified atom stereocenters. The molecule has 1 aromatic carbocycles. The van der Waals surface area contributed by atoms with Crippen molar-refractivity contribution in [3.63, 3.8) is 0 Å². The summed E-state index contributed by atoms with van der Waals surface area (Å²) in [6, 6.07) is 3.38.